The summed E-state index contributed by atoms with van der Waals surface area (Å²) in [5, 5.41) is 1.18. The Morgan fingerprint density at radius 2 is 1.00 bits per heavy atom. The topological polar surface area (TPSA) is 0 Å². The van der Waals surface area contributed by atoms with E-state index in [0.29, 0.717) is 21.2 Å². The standard InChI is InChI=1S/C13H8Cl2F/c14-11-5-1-9(2-6-11)13(16)10-3-7-12(15)8-4-10/h1-8H/q+1. The second-order valence-electron chi connectivity index (χ2n) is 3.33. The predicted octanol–water partition coefficient (Wildman–Crippen LogP) is 4.89. The molecule has 0 saturated heterocycles. The molecular weight excluding hydrogens is 246 g/mol. The van der Waals surface area contributed by atoms with Gasteiger partial charge in [0.15, 0.2) is 0 Å². The van der Waals surface area contributed by atoms with Crippen LogP contribution in [0.1, 0.15) is 11.1 Å². The van der Waals surface area contributed by atoms with Crippen LogP contribution in [0.4, 0.5) is 4.39 Å². The second kappa shape index (κ2) is 4.77. The molecule has 0 N–H and O–H groups in total. The molecule has 16 heavy (non-hydrogen) atoms. The summed E-state index contributed by atoms with van der Waals surface area (Å²) in [5.41, 5.74) is 1.01. The highest BCUT2D eigenvalue weighted by molar-refractivity contribution is 6.30. The normalized spacial score (nSPS) is 10.2. The first-order valence-corrected chi connectivity index (χ1v) is 5.47. The Hall–Kier alpha value is -1.18. The first-order valence-electron chi connectivity index (χ1n) is 4.71. The predicted molar refractivity (Wildman–Crippen MR) is 65.5 cm³/mol. The van der Waals surface area contributed by atoms with Crippen molar-refractivity contribution >= 4 is 23.2 Å². The van der Waals surface area contributed by atoms with Crippen LogP contribution >= 0.6 is 23.2 Å². The van der Waals surface area contributed by atoms with Crippen LogP contribution in [0.3, 0.4) is 0 Å². The number of hydrogen-bond acceptors (Lipinski definition) is 0. The maximum atomic E-state index is 14.0. The van der Waals surface area contributed by atoms with Gasteiger partial charge in [-0.05, 0) is 24.3 Å². The van der Waals surface area contributed by atoms with E-state index in [4.69, 9.17) is 23.2 Å². The molecule has 0 aromatic heterocycles. The lowest BCUT2D eigenvalue weighted by molar-refractivity contribution is 0.567. The van der Waals surface area contributed by atoms with Gasteiger partial charge in [-0.2, -0.15) is 4.39 Å². The molecule has 2 rings (SSSR count). The molecule has 0 radical (unpaired) electrons. The van der Waals surface area contributed by atoms with E-state index in [0.717, 1.165) is 0 Å². The van der Waals surface area contributed by atoms with E-state index < -0.39 is 0 Å². The maximum Gasteiger partial charge on any atom is 0.219 e. The molecule has 0 heterocycles. The van der Waals surface area contributed by atoms with Crippen molar-refractivity contribution in [3.05, 3.63) is 75.9 Å². The average Bonchev–Trinajstić information content (AvgIpc) is 2.30. The Balaban J connectivity index is 2.28. The fourth-order valence-electron chi connectivity index (χ4n) is 1.36. The van der Waals surface area contributed by atoms with E-state index in [2.05, 4.69) is 0 Å². The van der Waals surface area contributed by atoms with Gasteiger partial charge in [0.2, 0.25) is 6.17 Å². The van der Waals surface area contributed by atoms with Gasteiger partial charge in [-0.1, -0.05) is 23.2 Å². The van der Waals surface area contributed by atoms with Gasteiger partial charge in [-0.3, -0.25) is 0 Å². The first kappa shape index (κ1) is 11.3. The molecule has 80 valence electrons. The Labute approximate surface area is 104 Å². The van der Waals surface area contributed by atoms with Gasteiger partial charge in [-0.25, -0.2) is 0 Å². The summed E-state index contributed by atoms with van der Waals surface area (Å²) in [6, 6.07) is 13.2. The van der Waals surface area contributed by atoms with Crippen LogP contribution in [-0.2, 0) is 0 Å². The first-order chi connectivity index (χ1) is 7.66. The molecule has 0 amide bonds. The highest BCUT2D eigenvalue weighted by Crippen LogP contribution is 2.26. The molecule has 0 aliphatic carbocycles. The largest absolute Gasteiger partial charge is 0.219 e. The van der Waals surface area contributed by atoms with Crippen molar-refractivity contribution in [2.75, 3.05) is 0 Å². The summed E-state index contributed by atoms with van der Waals surface area (Å²) in [5.74, 6) is 0. The fourth-order valence-corrected chi connectivity index (χ4v) is 1.61. The van der Waals surface area contributed by atoms with Crippen LogP contribution in [0, 0.1) is 6.17 Å². The molecular formula is C13H8Cl2F+. The van der Waals surface area contributed by atoms with Crippen LogP contribution in [0.2, 0.25) is 10.0 Å². The minimum absolute atomic E-state index is 0.284. The molecule has 0 nitrogen and oxygen atoms in total. The zero-order valence-electron chi connectivity index (χ0n) is 8.25. The number of benzene rings is 2. The van der Waals surface area contributed by atoms with Crippen molar-refractivity contribution < 1.29 is 4.39 Å². The SMILES string of the molecule is F[C+](c1ccc(Cl)cc1)c1ccc(Cl)cc1. The van der Waals surface area contributed by atoms with E-state index in [9.17, 15) is 4.39 Å². The van der Waals surface area contributed by atoms with Crippen LogP contribution in [-0.4, -0.2) is 0 Å². The van der Waals surface area contributed by atoms with Crippen molar-refractivity contribution in [2.45, 2.75) is 0 Å². The number of halogens is 3. The molecule has 0 aliphatic heterocycles. The lowest BCUT2D eigenvalue weighted by Gasteiger charge is -2.01. The zero-order chi connectivity index (χ0) is 11.5. The minimum Gasteiger partial charge on any atom is -0.156 e. The highest BCUT2D eigenvalue weighted by atomic mass is 35.5. The van der Waals surface area contributed by atoms with Crippen molar-refractivity contribution in [3.63, 3.8) is 0 Å². The van der Waals surface area contributed by atoms with Gasteiger partial charge >= 0.3 is 0 Å². The Bertz CT molecular complexity index is 417. The van der Waals surface area contributed by atoms with Gasteiger partial charge in [0.25, 0.3) is 0 Å². The van der Waals surface area contributed by atoms with Gasteiger partial charge < -0.3 is 0 Å². The number of rotatable bonds is 2. The van der Waals surface area contributed by atoms with E-state index >= 15 is 0 Å². The lowest BCUT2D eigenvalue weighted by Crippen LogP contribution is -1.94. The molecule has 0 spiro atoms. The molecule has 0 saturated carbocycles. The lowest BCUT2D eigenvalue weighted by atomic mass is 10.0. The van der Waals surface area contributed by atoms with Gasteiger partial charge in [-0.15, -0.1) is 0 Å². The van der Waals surface area contributed by atoms with E-state index in [1.54, 1.807) is 48.5 Å². The third kappa shape index (κ3) is 2.49. The summed E-state index contributed by atoms with van der Waals surface area (Å²) in [6.07, 6.45) is -0.284. The van der Waals surface area contributed by atoms with Crippen LogP contribution in [0.25, 0.3) is 0 Å². The maximum absolute atomic E-state index is 14.0. The molecule has 3 heteroatoms. The molecule has 0 bridgehead atoms. The Morgan fingerprint density at radius 3 is 1.31 bits per heavy atom. The van der Waals surface area contributed by atoms with Crippen molar-refractivity contribution in [1.29, 1.82) is 0 Å². The van der Waals surface area contributed by atoms with Gasteiger partial charge in [0, 0.05) is 24.3 Å². The van der Waals surface area contributed by atoms with E-state index in [-0.39, 0.29) is 6.17 Å². The van der Waals surface area contributed by atoms with Gasteiger partial charge in [0.1, 0.15) is 11.1 Å². The second-order valence-corrected chi connectivity index (χ2v) is 4.20. The Kier molecular flexibility index (Phi) is 3.37. The average molecular weight is 254 g/mol. The molecule has 0 unspecified atom stereocenters. The molecule has 2 aromatic rings. The smallest absolute Gasteiger partial charge is 0.156 e. The van der Waals surface area contributed by atoms with Gasteiger partial charge in [0.05, 0.1) is 10.0 Å². The minimum atomic E-state index is -0.284. The third-order valence-electron chi connectivity index (χ3n) is 2.20. The zero-order valence-corrected chi connectivity index (χ0v) is 9.76. The Morgan fingerprint density at radius 1 is 0.688 bits per heavy atom. The molecule has 0 aliphatic rings. The van der Waals surface area contributed by atoms with Crippen LogP contribution in [0.15, 0.2) is 48.5 Å². The summed E-state index contributed by atoms with van der Waals surface area (Å²) < 4.78 is 14.0. The van der Waals surface area contributed by atoms with E-state index in [1.165, 1.54) is 0 Å². The third-order valence-corrected chi connectivity index (χ3v) is 2.70. The van der Waals surface area contributed by atoms with Crippen molar-refractivity contribution in [3.8, 4) is 0 Å². The summed E-state index contributed by atoms with van der Waals surface area (Å²) in [4.78, 5) is 0. The highest BCUT2D eigenvalue weighted by Gasteiger charge is 2.20. The van der Waals surface area contributed by atoms with Crippen LogP contribution in [0.5, 0.6) is 0 Å². The quantitative estimate of drug-likeness (QED) is 0.669. The van der Waals surface area contributed by atoms with Crippen molar-refractivity contribution in [1.82, 2.24) is 0 Å². The summed E-state index contributed by atoms with van der Waals surface area (Å²) in [6.45, 7) is 0. The van der Waals surface area contributed by atoms with E-state index in [1.807, 2.05) is 0 Å². The number of hydrogen-bond donors (Lipinski definition) is 0. The van der Waals surface area contributed by atoms with Crippen LogP contribution < -0.4 is 0 Å². The monoisotopic (exact) mass is 253 g/mol. The molecule has 0 fully saturated rings. The van der Waals surface area contributed by atoms with Crippen molar-refractivity contribution in [2.24, 2.45) is 0 Å². The molecule has 0 atom stereocenters. The fraction of sp³-hybridized carbons (Fsp3) is 0. The summed E-state index contributed by atoms with van der Waals surface area (Å²) in [7, 11) is 0. The summed E-state index contributed by atoms with van der Waals surface area (Å²) >= 11 is 11.5. The molecule has 2 aromatic carbocycles.